The van der Waals surface area contributed by atoms with Crippen molar-refractivity contribution in [3.63, 3.8) is 0 Å². The number of piperidine rings is 1. The number of hydrogen-bond donors (Lipinski definition) is 0. The van der Waals surface area contributed by atoms with Crippen molar-refractivity contribution in [2.75, 3.05) is 46.5 Å². The van der Waals surface area contributed by atoms with Gasteiger partial charge >= 0.3 is 0 Å². The van der Waals surface area contributed by atoms with E-state index in [2.05, 4.69) is 12.1 Å². The molecule has 0 unspecified atom stereocenters. The van der Waals surface area contributed by atoms with Gasteiger partial charge in [0, 0.05) is 20.1 Å². The zero-order chi connectivity index (χ0) is 26.5. The molecule has 3 aliphatic heterocycles. The number of likely N-dealkylation sites (N-methyl/N-ethyl adjacent to an activating group) is 1. The van der Waals surface area contributed by atoms with Crippen LogP contribution in [0.5, 0.6) is 17.2 Å². The van der Waals surface area contributed by atoms with Crippen molar-refractivity contribution in [1.29, 1.82) is 0 Å². The standard InChI is InChI=1S/C30H37ClN2O5/c1-32-15-16-36-25-9-5-4-8-23(25)7-3-2-6-10-30(29(32)35)11-13-33(14-12-30)27(34)21-22-19-24(31)28-26(20-22)37-17-18-38-28/h4-5,8-9,19-20H,2-3,6-7,10-18,21H2,1H3. The molecule has 0 N–H and O–H groups in total. The van der Waals surface area contributed by atoms with E-state index in [4.69, 9.17) is 25.8 Å². The van der Waals surface area contributed by atoms with Gasteiger partial charge in [-0.2, -0.15) is 0 Å². The topological polar surface area (TPSA) is 68.3 Å². The van der Waals surface area contributed by atoms with Gasteiger partial charge in [0.1, 0.15) is 25.6 Å². The highest BCUT2D eigenvalue weighted by atomic mass is 35.5. The first-order valence-corrected chi connectivity index (χ1v) is 14.2. The van der Waals surface area contributed by atoms with Crippen molar-refractivity contribution in [3.05, 3.63) is 52.5 Å². The third kappa shape index (κ3) is 5.88. The third-order valence-electron chi connectivity index (χ3n) is 8.14. The van der Waals surface area contributed by atoms with Crippen LogP contribution in [0.2, 0.25) is 5.02 Å². The maximum Gasteiger partial charge on any atom is 0.228 e. The van der Waals surface area contributed by atoms with Gasteiger partial charge in [-0.25, -0.2) is 0 Å². The summed E-state index contributed by atoms with van der Waals surface area (Å²) in [5, 5.41) is 0.465. The Balaban J connectivity index is 1.22. The van der Waals surface area contributed by atoms with E-state index in [1.165, 1.54) is 5.56 Å². The minimum absolute atomic E-state index is 0.0456. The number of fused-ring (bicyclic) bond motifs is 2. The van der Waals surface area contributed by atoms with Crippen molar-refractivity contribution >= 4 is 23.4 Å². The monoisotopic (exact) mass is 540 g/mol. The minimum atomic E-state index is -0.424. The Hall–Kier alpha value is -2.93. The van der Waals surface area contributed by atoms with Crippen LogP contribution in [-0.2, 0) is 22.4 Å². The van der Waals surface area contributed by atoms with E-state index in [1.807, 2.05) is 35.0 Å². The number of rotatable bonds is 2. The lowest BCUT2D eigenvalue weighted by Crippen LogP contribution is -2.51. The first-order chi connectivity index (χ1) is 18.4. The molecule has 5 rings (SSSR count). The smallest absolute Gasteiger partial charge is 0.228 e. The summed E-state index contributed by atoms with van der Waals surface area (Å²) in [5.41, 5.74) is 1.62. The van der Waals surface area contributed by atoms with Crippen molar-refractivity contribution < 1.29 is 23.8 Å². The van der Waals surface area contributed by atoms with E-state index >= 15 is 0 Å². The molecule has 1 fully saturated rings. The second-order valence-electron chi connectivity index (χ2n) is 10.7. The number of aryl methyl sites for hydroxylation is 1. The van der Waals surface area contributed by atoms with Crippen LogP contribution in [-0.4, -0.2) is 68.1 Å². The van der Waals surface area contributed by atoms with Crippen LogP contribution >= 0.6 is 11.6 Å². The first kappa shape index (κ1) is 26.7. The lowest BCUT2D eigenvalue weighted by molar-refractivity contribution is -0.148. The number of ether oxygens (including phenoxy) is 3. The Bertz CT molecular complexity index is 1160. The zero-order valence-corrected chi connectivity index (χ0v) is 22.9. The number of hydrogen-bond acceptors (Lipinski definition) is 5. The Kier molecular flexibility index (Phi) is 8.32. The number of para-hydroxylation sites is 1. The summed E-state index contributed by atoms with van der Waals surface area (Å²) < 4.78 is 17.3. The van der Waals surface area contributed by atoms with E-state index in [0.717, 1.165) is 43.4 Å². The number of nitrogens with zero attached hydrogens (tertiary/aromatic N) is 2. The van der Waals surface area contributed by atoms with Gasteiger partial charge in [-0.15, -0.1) is 0 Å². The number of carbonyl (C=O) groups excluding carboxylic acids is 2. The van der Waals surface area contributed by atoms with E-state index < -0.39 is 5.41 Å². The molecular weight excluding hydrogens is 504 g/mol. The molecule has 38 heavy (non-hydrogen) atoms. The quantitative estimate of drug-likeness (QED) is 0.541. The predicted octanol–water partition coefficient (Wildman–Crippen LogP) is 4.92. The van der Waals surface area contributed by atoms with Crippen molar-refractivity contribution in [1.82, 2.24) is 9.80 Å². The van der Waals surface area contributed by atoms with Gasteiger partial charge in [-0.3, -0.25) is 9.59 Å². The molecule has 0 aliphatic carbocycles. The maximum atomic E-state index is 13.7. The fourth-order valence-corrected chi connectivity index (χ4v) is 6.20. The van der Waals surface area contributed by atoms with Gasteiger partial charge in [0.2, 0.25) is 11.8 Å². The third-order valence-corrected chi connectivity index (χ3v) is 8.42. The molecule has 7 nitrogen and oxygen atoms in total. The number of likely N-dealkylation sites (tertiary alicyclic amines) is 1. The van der Waals surface area contributed by atoms with Crippen molar-refractivity contribution in [2.45, 2.75) is 51.4 Å². The summed E-state index contributed by atoms with van der Waals surface area (Å²) in [5.74, 6) is 2.29. The Labute approximate surface area is 230 Å². The molecule has 8 heteroatoms. The van der Waals surface area contributed by atoms with Crippen LogP contribution in [0.25, 0.3) is 0 Å². The summed E-state index contributed by atoms with van der Waals surface area (Å²) in [6.07, 6.45) is 6.61. The Morgan fingerprint density at radius 2 is 1.68 bits per heavy atom. The van der Waals surface area contributed by atoms with Crippen LogP contribution in [0.15, 0.2) is 36.4 Å². The molecule has 0 radical (unpaired) electrons. The fourth-order valence-electron chi connectivity index (χ4n) is 5.91. The second-order valence-corrected chi connectivity index (χ2v) is 11.1. The summed E-state index contributed by atoms with van der Waals surface area (Å²) in [6.45, 7) is 3.11. The van der Waals surface area contributed by atoms with Gasteiger partial charge < -0.3 is 24.0 Å². The number of amides is 2. The van der Waals surface area contributed by atoms with Crippen LogP contribution in [0, 0.1) is 5.41 Å². The molecular formula is C30H37ClN2O5. The van der Waals surface area contributed by atoms with Crippen molar-refractivity contribution in [3.8, 4) is 17.2 Å². The van der Waals surface area contributed by atoms with Gasteiger partial charge in [0.15, 0.2) is 11.5 Å². The molecule has 0 saturated carbocycles. The maximum absolute atomic E-state index is 13.7. The van der Waals surface area contributed by atoms with E-state index in [-0.39, 0.29) is 18.2 Å². The number of carbonyl (C=O) groups is 2. The van der Waals surface area contributed by atoms with Gasteiger partial charge in [-0.05, 0) is 61.4 Å². The highest BCUT2D eigenvalue weighted by Crippen LogP contribution is 2.40. The normalized spacial score (nSPS) is 20.0. The Morgan fingerprint density at radius 1 is 0.921 bits per heavy atom. The molecule has 0 bridgehead atoms. The van der Waals surface area contributed by atoms with Crippen LogP contribution < -0.4 is 14.2 Å². The molecule has 0 aromatic heterocycles. The lowest BCUT2D eigenvalue weighted by atomic mass is 9.73. The molecule has 1 spiro atoms. The van der Waals surface area contributed by atoms with Crippen molar-refractivity contribution in [2.24, 2.45) is 5.41 Å². The minimum Gasteiger partial charge on any atom is -0.491 e. The SMILES string of the molecule is CN1CCOc2ccccc2CCCCCC2(CCN(C(=O)Cc3cc(Cl)c4c(c3)OCCO4)CC2)C1=O. The number of halogens is 1. The lowest BCUT2D eigenvalue weighted by Gasteiger charge is -2.42. The summed E-state index contributed by atoms with van der Waals surface area (Å²) in [7, 11) is 1.88. The van der Waals surface area contributed by atoms with E-state index in [1.54, 1.807) is 6.07 Å². The Morgan fingerprint density at radius 3 is 2.53 bits per heavy atom. The highest BCUT2D eigenvalue weighted by Gasteiger charge is 2.43. The molecule has 1 saturated heterocycles. The summed E-state index contributed by atoms with van der Waals surface area (Å²) in [4.78, 5) is 30.7. The molecule has 2 amide bonds. The highest BCUT2D eigenvalue weighted by molar-refractivity contribution is 6.32. The first-order valence-electron chi connectivity index (χ1n) is 13.8. The zero-order valence-electron chi connectivity index (χ0n) is 22.2. The van der Waals surface area contributed by atoms with E-state index in [0.29, 0.717) is 68.8 Å². The number of benzene rings is 2. The van der Waals surface area contributed by atoms with Gasteiger partial charge in [0.05, 0.1) is 23.4 Å². The predicted molar refractivity (Wildman–Crippen MR) is 146 cm³/mol. The van der Waals surface area contributed by atoms with Gasteiger partial charge in [-0.1, -0.05) is 42.6 Å². The average molecular weight is 541 g/mol. The molecule has 3 aliphatic rings. The largest absolute Gasteiger partial charge is 0.491 e. The summed E-state index contributed by atoms with van der Waals surface area (Å²) >= 11 is 6.37. The summed E-state index contributed by atoms with van der Waals surface area (Å²) in [6, 6.07) is 11.8. The second kappa shape index (κ2) is 11.9. The van der Waals surface area contributed by atoms with E-state index in [9.17, 15) is 9.59 Å². The molecule has 0 atom stereocenters. The fraction of sp³-hybridized carbons (Fsp3) is 0.533. The molecule has 2 aromatic carbocycles. The van der Waals surface area contributed by atoms with Crippen LogP contribution in [0.3, 0.4) is 0 Å². The molecule has 3 heterocycles. The van der Waals surface area contributed by atoms with Crippen LogP contribution in [0.1, 0.15) is 49.7 Å². The van der Waals surface area contributed by atoms with Gasteiger partial charge in [0.25, 0.3) is 0 Å². The molecule has 204 valence electrons. The van der Waals surface area contributed by atoms with Crippen LogP contribution in [0.4, 0.5) is 0 Å². The molecule has 2 aromatic rings. The average Bonchev–Trinajstić information content (AvgIpc) is 2.94.